The van der Waals surface area contributed by atoms with Gasteiger partial charge in [0.05, 0.1) is 0 Å². The van der Waals surface area contributed by atoms with Crippen molar-refractivity contribution >= 4 is 21.8 Å². The van der Waals surface area contributed by atoms with E-state index in [-0.39, 0.29) is 17.2 Å². The minimum Gasteiger partial charge on any atom is -0.351 e. The third-order valence-electron chi connectivity index (χ3n) is 1.76. The number of carbonyl (C=O) groups excluding carboxylic acids is 1. The summed E-state index contributed by atoms with van der Waals surface area (Å²) in [5.41, 5.74) is -0.0840. The van der Waals surface area contributed by atoms with Crippen LogP contribution in [0.1, 0.15) is 23.3 Å². The van der Waals surface area contributed by atoms with E-state index in [0.717, 1.165) is 18.2 Å². The molecule has 0 aliphatic rings. The first-order valence-corrected chi connectivity index (χ1v) is 5.76. The zero-order valence-electron chi connectivity index (χ0n) is 8.12. The number of nitrogens with one attached hydrogen (secondary N) is 2. The zero-order chi connectivity index (χ0) is 11.1. The Bertz CT molecular complexity index is 357. The number of unbranched alkanes of at least 4 members (excludes halogenated alkanes) is 1. The quantitative estimate of drug-likeness (QED) is 0.612. The number of hydrogen-bond donors (Lipinski definition) is 2. The average molecular weight is 274 g/mol. The van der Waals surface area contributed by atoms with Crippen LogP contribution in [0, 0.1) is 0 Å². The van der Waals surface area contributed by atoms with Crippen LogP contribution in [0.25, 0.3) is 0 Å². The minimum absolute atomic E-state index is 0.230. The van der Waals surface area contributed by atoms with E-state index < -0.39 is 0 Å². The normalized spacial score (nSPS) is 9.93. The molecular weight excluding hydrogens is 262 g/mol. The van der Waals surface area contributed by atoms with Crippen LogP contribution in [-0.2, 0) is 0 Å². The number of nitrogens with zero attached hydrogens (tertiary/aromatic N) is 1. The van der Waals surface area contributed by atoms with E-state index in [1.807, 2.05) is 0 Å². The van der Waals surface area contributed by atoms with Crippen molar-refractivity contribution in [2.45, 2.75) is 12.8 Å². The van der Waals surface area contributed by atoms with Gasteiger partial charge in [-0.2, -0.15) is 5.10 Å². The summed E-state index contributed by atoms with van der Waals surface area (Å²) in [5.74, 6) is -0.263. The fourth-order valence-electron chi connectivity index (χ4n) is 0.983. The highest BCUT2D eigenvalue weighted by Crippen LogP contribution is 1.93. The van der Waals surface area contributed by atoms with Crippen molar-refractivity contribution < 1.29 is 4.79 Å². The van der Waals surface area contributed by atoms with Gasteiger partial charge in [0, 0.05) is 17.9 Å². The van der Waals surface area contributed by atoms with E-state index >= 15 is 0 Å². The standard InChI is InChI=1S/C9H12BrN3O2/c10-5-1-2-6-11-9(15)7-3-4-8(14)13-12-7/h3-4H,1-2,5-6H2,(H,11,15)(H,13,14). The Morgan fingerprint density at radius 3 is 2.87 bits per heavy atom. The fourth-order valence-corrected chi connectivity index (χ4v) is 1.38. The molecule has 0 aliphatic carbocycles. The van der Waals surface area contributed by atoms with Gasteiger partial charge in [0.1, 0.15) is 5.69 Å². The number of aromatic nitrogens is 2. The second-order valence-electron chi connectivity index (χ2n) is 2.96. The molecule has 0 saturated carbocycles. The molecule has 6 heteroatoms. The molecule has 0 aromatic carbocycles. The van der Waals surface area contributed by atoms with Crippen molar-refractivity contribution in [3.63, 3.8) is 0 Å². The Kier molecular flexibility index (Phi) is 5.03. The first-order chi connectivity index (χ1) is 7.24. The van der Waals surface area contributed by atoms with Crippen LogP contribution in [0.5, 0.6) is 0 Å². The molecular formula is C9H12BrN3O2. The van der Waals surface area contributed by atoms with Crippen LogP contribution in [0.3, 0.4) is 0 Å². The van der Waals surface area contributed by atoms with Crippen LogP contribution >= 0.6 is 15.9 Å². The van der Waals surface area contributed by atoms with Crippen LogP contribution in [0.4, 0.5) is 0 Å². The topological polar surface area (TPSA) is 74.8 Å². The van der Waals surface area contributed by atoms with Crippen LogP contribution in [0.15, 0.2) is 16.9 Å². The average Bonchev–Trinajstić information content (AvgIpc) is 2.25. The predicted molar refractivity (Wildman–Crippen MR) is 60.2 cm³/mol. The van der Waals surface area contributed by atoms with E-state index in [9.17, 15) is 9.59 Å². The van der Waals surface area contributed by atoms with Gasteiger partial charge in [-0.15, -0.1) is 0 Å². The van der Waals surface area contributed by atoms with Crippen molar-refractivity contribution in [3.8, 4) is 0 Å². The molecule has 0 aliphatic heterocycles. The van der Waals surface area contributed by atoms with E-state index in [1.54, 1.807) is 0 Å². The maximum atomic E-state index is 11.4. The highest BCUT2D eigenvalue weighted by Gasteiger charge is 2.05. The number of H-pyrrole nitrogens is 1. The highest BCUT2D eigenvalue weighted by atomic mass is 79.9. The van der Waals surface area contributed by atoms with Gasteiger partial charge >= 0.3 is 0 Å². The lowest BCUT2D eigenvalue weighted by Crippen LogP contribution is -2.26. The number of rotatable bonds is 5. The van der Waals surface area contributed by atoms with Crippen molar-refractivity contribution in [2.75, 3.05) is 11.9 Å². The molecule has 0 radical (unpaired) electrons. The summed E-state index contributed by atoms with van der Waals surface area (Å²) in [5, 5.41) is 9.47. The summed E-state index contributed by atoms with van der Waals surface area (Å²) in [4.78, 5) is 22.1. The lowest BCUT2D eigenvalue weighted by molar-refractivity contribution is 0.0947. The molecule has 1 aromatic heterocycles. The smallest absolute Gasteiger partial charge is 0.271 e. The molecule has 1 rings (SSSR count). The number of amides is 1. The molecule has 15 heavy (non-hydrogen) atoms. The second kappa shape index (κ2) is 6.34. The van der Waals surface area contributed by atoms with Gasteiger partial charge in [-0.3, -0.25) is 9.59 Å². The van der Waals surface area contributed by atoms with Crippen molar-refractivity contribution in [3.05, 3.63) is 28.2 Å². The zero-order valence-corrected chi connectivity index (χ0v) is 9.71. The Morgan fingerprint density at radius 1 is 1.47 bits per heavy atom. The van der Waals surface area contributed by atoms with Gasteiger partial charge in [-0.25, -0.2) is 5.10 Å². The third-order valence-corrected chi connectivity index (χ3v) is 2.32. The lowest BCUT2D eigenvalue weighted by atomic mass is 10.3. The summed E-state index contributed by atoms with van der Waals surface area (Å²) >= 11 is 3.30. The van der Waals surface area contributed by atoms with E-state index in [0.29, 0.717) is 6.54 Å². The van der Waals surface area contributed by atoms with Crippen molar-refractivity contribution in [2.24, 2.45) is 0 Å². The van der Waals surface area contributed by atoms with E-state index in [1.165, 1.54) is 12.1 Å². The fraction of sp³-hybridized carbons (Fsp3) is 0.444. The minimum atomic E-state index is -0.314. The summed E-state index contributed by atoms with van der Waals surface area (Å²) in [6, 6.07) is 2.68. The molecule has 1 amide bonds. The maximum absolute atomic E-state index is 11.4. The van der Waals surface area contributed by atoms with Gasteiger partial charge in [0.2, 0.25) is 0 Å². The molecule has 0 bridgehead atoms. The van der Waals surface area contributed by atoms with E-state index in [4.69, 9.17) is 0 Å². The van der Waals surface area contributed by atoms with E-state index in [2.05, 4.69) is 31.4 Å². The van der Waals surface area contributed by atoms with Gasteiger partial charge in [0.15, 0.2) is 0 Å². The Hall–Kier alpha value is -1.17. The highest BCUT2D eigenvalue weighted by molar-refractivity contribution is 9.09. The summed E-state index contributed by atoms with van der Waals surface area (Å²) in [6.07, 6.45) is 1.93. The molecule has 0 unspecified atom stereocenters. The molecule has 2 N–H and O–H groups in total. The monoisotopic (exact) mass is 273 g/mol. The maximum Gasteiger partial charge on any atom is 0.271 e. The molecule has 5 nitrogen and oxygen atoms in total. The number of aromatic amines is 1. The van der Waals surface area contributed by atoms with Gasteiger partial charge in [-0.05, 0) is 18.9 Å². The molecule has 0 fully saturated rings. The Balaban J connectivity index is 2.40. The molecule has 1 aromatic rings. The Labute approximate surface area is 95.4 Å². The van der Waals surface area contributed by atoms with Gasteiger partial charge in [0.25, 0.3) is 11.5 Å². The first kappa shape index (κ1) is 11.9. The summed E-state index contributed by atoms with van der Waals surface area (Å²) < 4.78 is 0. The molecule has 82 valence electrons. The van der Waals surface area contributed by atoms with Crippen LogP contribution in [-0.4, -0.2) is 28.0 Å². The first-order valence-electron chi connectivity index (χ1n) is 4.64. The van der Waals surface area contributed by atoms with Crippen LogP contribution < -0.4 is 10.9 Å². The summed E-state index contributed by atoms with van der Waals surface area (Å²) in [6.45, 7) is 0.616. The number of halogens is 1. The van der Waals surface area contributed by atoms with Crippen molar-refractivity contribution in [1.29, 1.82) is 0 Å². The van der Waals surface area contributed by atoms with Gasteiger partial charge < -0.3 is 5.32 Å². The van der Waals surface area contributed by atoms with Crippen LogP contribution in [0.2, 0.25) is 0 Å². The molecule has 0 spiro atoms. The third kappa shape index (κ3) is 4.24. The molecule has 1 heterocycles. The number of hydrogen-bond acceptors (Lipinski definition) is 3. The second-order valence-corrected chi connectivity index (χ2v) is 3.75. The SMILES string of the molecule is O=C(NCCCCBr)c1ccc(=O)[nH]n1. The Morgan fingerprint density at radius 2 is 2.27 bits per heavy atom. The summed E-state index contributed by atoms with van der Waals surface area (Å²) in [7, 11) is 0. The van der Waals surface area contributed by atoms with Crippen molar-refractivity contribution in [1.82, 2.24) is 15.5 Å². The van der Waals surface area contributed by atoms with Gasteiger partial charge in [-0.1, -0.05) is 15.9 Å². The number of alkyl halides is 1. The predicted octanol–water partition coefficient (Wildman–Crippen LogP) is 0.675. The largest absolute Gasteiger partial charge is 0.351 e. The lowest BCUT2D eigenvalue weighted by Gasteiger charge is -2.02. The number of carbonyl (C=O) groups is 1. The molecule has 0 saturated heterocycles. The molecule has 0 atom stereocenters.